The molecule has 312 valence electrons. The highest BCUT2D eigenvalue weighted by atomic mass is 16.1. The van der Waals surface area contributed by atoms with Gasteiger partial charge >= 0.3 is 0 Å². The van der Waals surface area contributed by atoms with Gasteiger partial charge in [0.15, 0.2) is 5.78 Å². The summed E-state index contributed by atoms with van der Waals surface area (Å²) in [6.45, 7) is 20.1. The number of nitrogens with two attached hydrogens (primary N) is 1. The molecular weight excluding hydrogens is 771 g/mol. The third-order valence-corrected chi connectivity index (χ3v) is 12.8. The molecule has 8 bridgehead atoms. The van der Waals surface area contributed by atoms with Gasteiger partial charge in [0.1, 0.15) is 0 Å². The SMILES string of the molecule is CC(C)(C)c1ccc(-c2c3nc(c(-c4ccc(C(C)(C)C)cc4)c4ccc([nH]4)c4c5nc(c(-c6ccc(C(C)(C)C)cc6)c6ccc2[nH]6)C(N)=C5C(=O)c2ccccc2-4)C=C3)cc1. The molecule has 4 aromatic carbocycles. The van der Waals surface area contributed by atoms with Crippen molar-refractivity contribution in [2.24, 2.45) is 5.73 Å². The van der Waals surface area contributed by atoms with Crippen LogP contribution in [-0.2, 0) is 16.2 Å². The fraction of sp³-hybridized carbons (Fsp3) is 0.211. The highest BCUT2D eigenvalue weighted by Crippen LogP contribution is 2.47. The number of Topliss-reactive ketones (excluding diaryl/α,β-unsaturated/α-hetero) is 1. The van der Waals surface area contributed by atoms with Crippen molar-refractivity contribution in [2.75, 3.05) is 0 Å². The van der Waals surface area contributed by atoms with Crippen LogP contribution in [0.3, 0.4) is 0 Å². The molecule has 6 heteroatoms. The van der Waals surface area contributed by atoms with Crippen LogP contribution in [0.25, 0.3) is 90.0 Å². The van der Waals surface area contributed by atoms with E-state index in [0.717, 1.165) is 78.0 Å². The number of hydrogen-bond donors (Lipinski definition) is 3. The lowest BCUT2D eigenvalue weighted by Gasteiger charge is -2.19. The van der Waals surface area contributed by atoms with Crippen LogP contribution in [0.2, 0.25) is 0 Å². The van der Waals surface area contributed by atoms with E-state index in [1.807, 2.05) is 24.3 Å². The molecule has 4 N–H and O–H groups in total. The first-order valence-electron chi connectivity index (χ1n) is 21.9. The summed E-state index contributed by atoms with van der Waals surface area (Å²) in [5.74, 6) is -0.131. The standard InChI is InChI=1S/C57H53N5O/c1-55(2,3)35-20-14-32(15-21-35)46-40-26-27-41(59-40)47(33-16-22-36(23-17-33)56(4,5)6)43-29-31-45(61-43)49-38-12-10-11-13-39(38)54(63)50-51(58)53(62-52(49)50)48(44-30-28-42(46)60-44)34-18-24-37(25-19-34)57(7,8)9/h10-31,60-61H,58H2,1-9H3. The third-order valence-electron chi connectivity index (χ3n) is 12.8. The van der Waals surface area contributed by atoms with Gasteiger partial charge in [-0.05, 0) is 91.6 Å². The van der Waals surface area contributed by atoms with Crippen molar-refractivity contribution >= 4 is 51.3 Å². The van der Waals surface area contributed by atoms with Gasteiger partial charge in [-0.1, -0.05) is 159 Å². The summed E-state index contributed by atoms with van der Waals surface area (Å²) in [6.07, 6.45) is 4.27. The first-order valence-corrected chi connectivity index (χ1v) is 21.9. The van der Waals surface area contributed by atoms with E-state index in [4.69, 9.17) is 15.7 Å². The predicted molar refractivity (Wildman–Crippen MR) is 263 cm³/mol. The van der Waals surface area contributed by atoms with Crippen LogP contribution in [-0.4, -0.2) is 25.7 Å². The minimum Gasteiger partial charge on any atom is -0.396 e. The maximum absolute atomic E-state index is 14.6. The number of H-pyrrole nitrogens is 2. The number of allylic oxidation sites excluding steroid dienone is 1. The molecule has 63 heavy (non-hydrogen) atoms. The van der Waals surface area contributed by atoms with Crippen molar-refractivity contribution < 1.29 is 4.79 Å². The number of carbonyl (C=O) groups is 1. The van der Waals surface area contributed by atoms with Gasteiger partial charge in [-0.15, -0.1) is 0 Å². The zero-order chi connectivity index (χ0) is 44.2. The lowest BCUT2D eigenvalue weighted by Crippen LogP contribution is -2.13. The van der Waals surface area contributed by atoms with Gasteiger partial charge in [-0.25, -0.2) is 9.97 Å². The zero-order valence-electron chi connectivity index (χ0n) is 37.6. The fourth-order valence-electron chi connectivity index (χ4n) is 9.24. The van der Waals surface area contributed by atoms with Gasteiger partial charge in [0.25, 0.3) is 0 Å². The topological polar surface area (TPSA) is 100 Å². The number of hydrogen-bond acceptors (Lipinski definition) is 4. The maximum atomic E-state index is 14.6. The lowest BCUT2D eigenvalue weighted by atomic mass is 9.84. The summed E-state index contributed by atoms with van der Waals surface area (Å²) in [6, 6.07) is 42.6. The van der Waals surface area contributed by atoms with Crippen LogP contribution >= 0.6 is 0 Å². The molecule has 0 saturated carbocycles. The average molecular weight is 824 g/mol. The zero-order valence-corrected chi connectivity index (χ0v) is 37.6. The number of benzene rings is 4. The Morgan fingerprint density at radius 1 is 0.429 bits per heavy atom. The second kappa shape index (κ2) is 14.2. The molecule has 0 fully saturated rings. The molecule has 7 aromatic rings. The van der Waals surface area contributed by atoms with Crippen LogP contribution in [0, 0.1) is 0 Å². The Bertz CT molecular complexity index is 3260. The van der Waals surface area contributed by atoms with E-state index < -0.39 is 0 Å². The van der Waals surface area contributed by atoms with Gasteiger partial charge in [0.05, 0.1) is 34.0 Å². The van der Waals surface area contributed by atoms with Crippen LogP contribution in [0.4, 0.5) is 0 Å². The Kier molecular flexibility index (Phi) is 9.06. The van der Waals surface area contributed by atoms with E-state index in [9.17, 15) is 4.79 Å². The summed E-state index contributed by atoms with van der Waals surface area (Å²) in [5, 5.41) is 0. The van der Waals surface area contributed by atoms with Crippen molar-refractivity contribution in [3.8, 4) is 44.5 Å². The molecule has 2 aliphatic heterocycles. The number of fused-ring (bicyclic) bond motifs is 10. The molecule has 3 aliphatic rings. The van der Waals surface area contributed by atoms with Gasteiger partial charge < -0.3 is 15.7 Å². The minimum atomic E-state index is -0.131. The normalized spacial score (nSPS) is 13.8. The average Bonchev–Trinajstić information content (AvgIpc) is 4.08. The Balaban J connectivity index is 1.38. The van der Waals surface area contributed by atoms with E-state index in [0.29, 0.717) is 28.2 Å². The van der Waals surface area contributed by atoms with E-state index in [1.54, 1.807) is 0 Å². The van der Waals surface area contributed by atoms with Crippen LogP contribution in [0.5, 0.6) is 0 Å². The summed E-state index contributed by atoms with van der Waals surface area (Å²) in [5.41, 5.74) is 26.0. The summed E-state index contributed by atoms with van der Waals surface area (Å²) in [4.78, 5) is 33.3. The van der Waals surface area contributed by atoms with Gasteiger partial charge in [0, 0.05) is 49.9 Å². The van der Waals surface area contributed by atoms with Gasteiger partial charge in [0.2, 0.25) is 0 Å². The highest BCUT2D eigenvalue weighted by molar-refractivity contribution is 6.40. The number of nitrogens with zero attached hydrogens (tertiary/aromatic N) is 2. The molecule has 5 heterocycles. The Morgan fingerprint density at radius 2 is 0.810 bits per heavy atom. The Hall–Kier alpha value is -7.05. The van der Waals surface area contributed by atoms with Crippen molar-refractivity contribution in [1.29, 1.82) is 0 Å². The molecule has 10 rings (SSSR count). The molecule has 1 aliphatic carbocycles. The molecule has 0 saturated heterocycles. The number of aromatic amines is 2. The number of carbonyl (C=O) groups excluding carboxylic acids is 1. The van der Waals surface area contributed by atoms with Crippen LogP contribution in [0.15, 0.2) is 121 Å². The smallest absolute Gasteiger partial charge is 0.198 e. The monoisotopic (exact) mass is 823 g/mol. The van der Waals surface area contributed by atoms with Crippen LogP contribution < -0.4 is 5.73 Å². The highest BCUT2D eigenvalue weighted by Gasteiger charge is 2.36. The Morgan fingerprint density at radius 3 is 1.24 bits per heavy atom. The molecule has 3 aromatic heterocycles. The molecule has 0 unspecified atom stereocenters. The number of nitrogens with one attached hydrogen (secondary N) is 2. The molecule has 0 radical (unpaired) electrons. The van der Waals surface area contributed by atoms with Gasteiger partial charge in [-0.2, -0.15) is 0 Å². The van der Waals surface area contributed by atoms with Crippen molar-refractivity contribution in [2.45, 2.75) is 78.6 Å². The fourth-order valence-corrected chi connectivity index (χ4v) is 9.24. The maximum Gasteiger partial charge on any atom is 0.198 e. The molecule has 0 atom stereocenters. The number of ketones is 1. The first kappa shape index (κ1) is 40.0. The minimum absolute atomic E-state index is 0.00311. The molecule has 0 spiro atoms. The molecular formula is C57H53N5O. The van der Waals surface area contributed by atoms with E-state index >= 15 is 0 Å². The summed E-state index contributed by atoms with van der Waals surface area (Å²) in [7, 11) is 0. The third kappa shape index (κ3) is 6.76. The lowest BCUT2D eigenvalue weighted by molar-refractivity contribution is 0.105. The molecule has 6 nitrogen and oxygen atoms in total. The van der Waals surface area contributed by atoms with Crippen molar-refractivity contribution in [3.63, 3.8) is 0 Å². The predicted octanol–water partition coefficient (Wildman–Crippen LogP) is 14.1. The Labute approximate surface area is 369 Å². The van der Waals surface area contributed by atoms with Crippen molar-refractivity contribution in [3.05, 3.63) is 166 Å². The van der Waals surface area contributed by atoms with Crippen molar-refractivity contribution in [1.82, 2.24) is 19.9 Å². The quantitative estimate of drug-likeness (QED) is 0.165. The summed E-state index contributed by atoms with van der Waals surface area (Å²) >= 11 is 0. The molecule has 0 amide bonds. The van der Waals surface area contributed by atoms with E-state index in [1.165, 1.54) is 16.7 Å². The van der Waals surface area contributed by atoms with E-state index in [-0.39, 0.29) is 22.0 Å². The van der Waals surface area contributed by atoms with E-state index in [2.05, 4.69) is 181 Å². The second-order valence-corrected chi connectivity index (χ2v) is 20.2. The summed E-state index contributed by atoms with van der Waals surface area (Å²) < 4.78 is 0. The largest absolute Gasteiger partial charge is 0.396 e. The van der Waals surface area contributed by atoms with Gasteiger partial charge in [-0.3, -0.25) is 4.79 Å². The first-order chi connectivity index (χ1) is 30.0. The second-order valence-electron chi connectivity index (χ2n) is 20.2. The van der Waals surface area contributed by atoms with Crippen LogP contribution in [0.1, 0.15) is 112 Å². The number of rotatable bonds is 3. The number of aromatic nitrogens is 4.